The highest BCUT2D eigenvalue weighted by atomic mass is 16.5. The zero-order valence-electron chi connectivity index (χ0n) is 10.2. The number of piperidine rings is 1. The lowest BCUT2D eigenvalue weighted by Gasteiger charge is -2.25. The number of methoxy groups -OCH3 is 1. The van der Waals surface area contributed by atoms with Crippen LogP contribution in [0.4, 0.5) is 0 Å². The highest BCUT2D eigenvalue weighted by Gasteiger charge is 2.13. The summed E-state index contributed by atoms with van der Waals surface area (Å²) in [6.45, 7) is 4.41. The molecule has 0 aliphatic carbocycles. The number of nitrogens with zero attached hydrogens (tertiary/aromatic N) is 1. The molecule has 0 saturated carbocycles. The van der Waals surface area contributed by atoms with Gasteiger partial charge in [-0.2, -0.15) is 0 Å². The molecule has 92 valence electrons. The van der Waals surface area contributed by atoms with Crippen LogP contribution in [0.1, 0.15) is 26.2 Å². The smallest absolute Gasteiger partial charge is 0.246 e. The number of hydrogen-bond donors (Lipinski definition) is 1. The Hall–Kier alpha value is -0.870. The standard InChI is InChI=1S/C12H22N2O2/c1-11(16-2)13-8-6-7-12(15)14-9-4-3-5-10-14/h6-7,11,13H,3-5,8-10H2,1-2H3/b7-6+. The van der Waals surface area contributed by atoms with Gasteiger partial charge in [-0.05, 0) is 26.2 Å². The van der Waals surface area contributed by atoms with Crippen molar-refractivity contribution < 1.29 is 9.53 Å². The van der Waals surface area contributed by atoms with E-state index in [0.29, 0.717) is 6.54 Å². The van der Waals surface area contributed by atoms with E-state index in [1.807, 2.05) is 17.9 Å². The Morgan fingerprint density at radius 1 is 1.44 bits per heavy atom. The first kappa shape index (κ1) is 13.2. The highest BCUT2D eigenvalue weighted by Crippen LogP contribution is 2.08. The van der Waals surface area contributed by atoms with Crippen LogP contribution < -0.4 is 5.32 Å². The summed E-state index contributed by atoms with van der Waals surface area (Å²) in [4.78, 5) is 13.6. The fraction of sp³-hybridized carbons (Fsp3) is 0.750. The Labute approximate surface area is 97.6 Å². The van der Waals surface area contributed by atoms with E-state index in [2.05, 4.69) is 5.32 Å². The predicted octanol–water partition coefficient (Wildman–Crippen LogP) is 1.14. The van der Waals surface area contributed by atoms with Crippen molar-refractivity contribution in [2.45, 2.75) is 32.4 Å². The van der Waals surface area contributed by atoms with E-state index in [1.54, 1.807) is 13.2 Å². The molecule has 0 aromatic rings. The van der Waals surface area contributed by atoms with Crippen LogP contribution in [0.3, 0.4) is 0 Å². The van der Waals surface area contributed by atoms with Crippen molar-refractivity contribution in [2.24, 2.45) is 0 Å². The van der Waals surface area contributed by atoms with Gasteiger partial charge >= 0.3 is 0 Å². The van der Waals surface area contributed by atoms with Crippen molar-refractivity contribution in [1.82, 2.24) is 10.2 Å². The fourth-order valence-corrected chi connectivity index (χ4v) is 1.70. The van der Waals surface area contributed by atoms with Crippen molar-refractivity contribution in [3.8, 4) is 0 Å². The van der Waals surface area contributed by atoms with E-state index in [4.69, 9.17) is 4.74 Å². The third kappa shape index (κ3) is 4.77. The van der Waals surface area contributed by atoms with Gasteiger partial charge in [-0.25, -0.2) is 0 Å². The number of hydrogen-bond acceptors (Lipinski definition) is 3. The summed E-state index contributed by atoms with van der Waals surface area (Å²) < 4.78 is 5.03. The summed E-state index contributed by atoms with van der Waals surface area (Å²) in [7, 11) is 1.65. The number of likely N-dealkylation sites (tertiary alicyclic amines) is 1. The molecule has 0 spiro atoms. The Kier molecular flexibility index (Phi) is 6.11. The minimum Gasteiger partial charge on any atom is -0.367 e. The molecule has 1 aliphatic rings. The number of ether oxygens (including phenoxy) is 1. The zero-order valence-corrected chi connectivity index (χ0v) is 10.2. The first-order valence-corrected chi connectivity index (χ1v) is 5.95. The second-order valence-corrected chi connectivity index (χ2v) is 4.07. The molecule has 1 saturated heterocycles. The summed E-state index contributed by atoms with van der Waals surface area (Å²) in [5.41, 5.74) is 0. The minimum absolute atomic E-state index is 0.0229. The lowest BCUT2D eigenvalue weighted by atomic mass is 10.1. The molecule has 1 atom stereocenters. The van der Waals surface area contributed by atoms with Crippen LogP contribution in [0, 0.1) is 0 Å². The van der Waals surface area contributed by atoms with Crippen molar-refractivity contribution >= 4 is 5.91 Å². The van der Waals surface area contributed by atoms with Gasteiger partial charge in [0.25, 0.3) is 0 Å². The summed E-state index contributed by atoms with van der Waals surface area (Å²) in [5, 5.41) is 3.11. The largest absolute Gasteiger partial charge is 0.367 e. The molecular weight excluding hydrogens is 204 g/mol. The van der Waals surface area contributed by atoms with Crippen LogP contribution in [-0.4, -0.2) is 43.8 Å². The number of carbonyl (C=O) groups is 1. The number of amides is 1. The van der Waals surface area contributed by atoms with E-state index < -0.39 is 0 Å². The average molecular weight is 226 g/mol. The zero-order chi connectivity index (χ0) is 11.8. The number of carbonyl (C=O) groups excluding carboxylic acids is 1. The molecule has 1 unspecified atom stereocenters. The third-order valence-electron chi connectivity index (χ3n) is 2.80. The SMILES string of the molecule is COC(C)NC/C=C/C(=O)N1CCCCC1. The van der Waals surface area contributed by atoms with Gasteiger partial charge in [-0.1, -0.05) is 6.08 Å². The van der Waals surface area contributed by atoms with Crippen molar-refractivity contribution in [2.75, 3.05) is 26.7 Å². The summed E-state index contributed by atoms with van der Waals surface area (Å²) in [5.74, 6) is 0.131. The van der Waals surface area contributed by atoms with Gasteiger partial charge in [-0.3, -0.25) is 10.1 Å². The highest BCUT2D eigenvalue weighted by molar-refractivity contribution is 5.87. The molecule has 0 aromatic carbocycles. The molecule has 1 N–H and O–H groups in total. The molecule has 4 heteroatoms. The summed E-state index contributed by atoms with van der Waals surface area (Å²) >= 11 is 0. The second-order valence-electron chi connectivity index (χ2n) is 4.07. The van der Waals surface area contributed by atoms with Crippen LogP contribution in [0.25, 0.3) is 0 Å². The fourth-order valence-electron chi connectivity index (χ4n) is 1.70. The van der Waals surface area contributed by atoms with Gasteiger partial charge in [0.2, 0.25) is 5.91 Å². The molecule has 4 nitrogen and oxygen atoms in total. The molecule has 1 fully saturated rings. The summed E-state index contributed by atoms with van der Waals surface area (Å²) in [6.07, 6.45) is 7.06. The van der Waals surface area contributed by atoms with Crippen molar-refractivity contribution in [1.29, 1.82) is 0 Å². The number of rotatable bonds is 5. The van der Waals surface area contributed by atoms with E-state index in [9.17, 15) is 4.79 Å². The maximum Gasteiger partial charge on any atom is 0.246 e. The van der Waals surface area contributed by atoms with E-state index in [1.165, 1.54) is 6.42 Å². The maximum atomic E-state index is 11.7. The van der Waals surface area contributed by atoms with E-state index in [0.717, 1.165) is 25.9 Å². The van der Waals surface area contributed by atoms with Crippen LogP contribution >= 0.6 is 0 Å². The van der Waals surface area contributed by atoms with E-state index in [-0.39, 0.29) is 12.1 Å². The molecule has 1 heterocycles. The van der Waals surface area contributed by atoms with Gasteiger partial charge in [-0.15, -0.1) is 0 Å². The van der Waals surface area contributed by atoms with Crippen LogP contribution in [0.5, 0.6) is 0 Å². The number of nitrogens with one attached hydrogen (secondary N) is 1. The van der Waals surface area contributed by atoms with Gasteiger partial charge in [0.15, 0.2) is 0 Å². The second kappa shape index (κ2) is 7.41. The van der Waals surface area contributed by atoms with Gasteiger partial charge < -0.3 is 9.64 Å². The molecule has 1 amide bonds. The maximum absolute atomic E-state index is 11.7. The minimum atomic E-state index is 0.0229. The lowest BCUT2D eigenvalue weighted by Crippen LogP contribution is -2.34. The van der Waals surface area contributed by atoms with Gasteiger partial charge in [0.1, 0.15) is 6.23 Å². The molecule has 1 rings (SSSR count). The van der Waals surface area contributed by atoms with Gasteiger partial charge in [0.05, 0.1) is 0 Å². The molecule has 0 radical (unpaired) electrons. The molecule has 0 aromatic heterocycles. The first-order chi connectivity index (χ1) is 7.74. The van der Waals surface area contributed by atoms with Crippen LogP contribution in [0.15, 0.2) is 12.2 Å². The molecular formula is C12H22N2O2. The quantitative estimate of drug-likeness (QED) is 0.564. The van der Waals surface area contributed by atoms with Crippen LogP contribution in [-0.2, 0) is 9.53 Å². The lowest BCUT2D eigenvalue weighted by molar-refractivity contribution is -0.126. The summed E-state index contributed by atoms with van der Waals surface area (Å²) in [6, 6.07) is 0. The van der Waals surface area contributed by atoms with Crippen molar-refractivity contribution in [3.05, 3.63) is 12.2 Å². The Morgan fingerprint density at radius 3 is 2.75 bits per heavy atom. The monoisotopic (exact) mass is 226 g/mol. The van der Waals surface area contributed by atoms with Crippen molar-refractivity contribution in [3.63, 3.8) is 0 Å². The molecule has 0 bridgehead atoms. The average Bonchev–Trinajstić information content (AvgIpc) is 2.35. The Bertz CT molecular complexity index is 235. The normalized spacial score (nSPS) is 19.0. The molecule has 16 heavy (non-hydrogen) atoms. The predicted molar refractivity (Wildman–Crippen MR) is 64.0 cm³/mol. The van der Waals surface area contributed by atoms with E-state index >= 15 is 0 Å². The Balaban J connectivity index is 2.19. The Morgan fingerprint density at radius 2 is 2.12 bits per heavy atom. The molecule has 1 aliphatic heterocycles. The van der Waals surface area contributed by atoms with Crippen LogP contribution in [0.2, 0.25) is 0 Å². The first-order valence-electron chi connectivity index (χ1n) is 5.95. The van der Waals surface area contributed by atoms with Gasteiger partial charge in [0, 0.05) is 32.8 Å². The third-order valence-corrected chi connectivity index (χ3v) is 2.80. The topological polar surface area (TPSA) is 41.6 Å².